The Hall–Kier alpha value is -2.42. The Labute approximate surface area is 174 Å². The van der Waals surface area contributed by atoms with E-state index in [1.165, 1.54) is 11.3 Å². The minimum atomic E-state index is -1.86. The molecule has 7 rings (SSSR count). The lowest BCUT2D eigenvalue weighted by molar-refractivity contribution is -0.193. The van der Waals surface area contributed by atoms with Crippen LogP contribution >= 0.6 is 11.3 Å². The second-order valence-corrected chi connectivity index (χ2v) is 10.3. The number of carbonyl (C=O) groups excluding carboxylic acids is 1. The number of hydrogen-bond donors (Lipinski definition) is 2. The average Bonchev–Trinajstić information content (AvgIpc) is 3.16. The largest absolute Gasteiger partial charge is 0.350 e. The van der Waals surface area contributed by atoms with Crippen molar-refractivity contribution >= 4 is 39.5 Å². The van der Waals surface area contributed by atoms with Gasteiger partial charge in [0.1, 0.15) is 22.7 Å². The van der Waals surface area contributed by atoms with Crippen LogP contribution in [0.5, 0.6) is 0 Å². The van der Waals surface area contributed by atoms with Gasteiger partial charge < -0.3 is 5.32 Å². The SMILES string of the molecule is O=C1NC(NC23CC4(F)CC(F)(CC(F)(C4)C2)C3)=N/C1=C\c1ccc2ncsc2c1. The molecule has 0 unspecified atom stereocenters. The quantitative estimate of drug-likeness (QED) is 0.706. The highest BCUT2D eigenvalue weighted by Crippen LogP contribution is 2.64. The predicted molar refractivity (Wildman–Crippen MR) is 108 cm³/mol. The molecule has 156 valence electrons. The summed E-state index contributed by atoms with van der Waals surface area (Å²) in [5, 5.41) is 5.64. The van der Waals surface area contributed by atoms with Crippen LogP contribution in [0.1, 0.15) is 44.1 Å². The van der Waals surface area contributed by atoms with E-state index >= 15 is 13.2 Å². The highest BCUT2D eigenvalue weighted by atomic mass is 32.1. The number of hydrogen-bond acceptors (Lipinski definition) is 5. The minimum absolute atomic E-state index is 0.0212. The summed E-state index contributed by atoms with van der Waals surface area (Å²) in [5.41, 5.74) is -3.06. The molecule has 1 amide bonds. The summed E-state index contributed by atoms with van der Waals surface area (Å²) >= 11 is 1.50. The molecule has 4 fully saturated rings. The number of benzene rings is 1. The van der Waals surface area contributed by atoms with Crippen molar-refractivity contribution in [1.29, 1.82) is 0 Å². The Morgan fingerprint density at radius 3 is 2.37 bits per heavy atom. The Bertz CT molecular complexity index is 1100. The van der Waals surface area contributed by atoms with Crippen molar-refractivity contribution in [3.8, 4) is 0 Å². The molecule has 1 aromatic heterocycles. The maximum Gasteiger partial charge on any atom is 0.276 e. The number of guanidine groups is 1. The summed E-state index contributed by atoms with van der Waals surface area (Å²) in [6.45, 7) is 0. The van der Waals surface area contributed by atoms with Crippen molar-refractivity contribution in [2.24, 2.45) is 4.99 Å². The van der Waals surface area contributed by atoms with Gasteiger partial charge in [0.15, 0.2) is 0 Å². The van der Waals surface area contributed by atoms with Crippen LogP contribution in [0.4, 0.5) is 13.2 Å². The second kappa shape index (κ2) is 5.63. The van der Waals surface area contributed by atoms with Gasteiger partial charge in [0, 0.05) is 44.1 Å². The second-order valence-electron chi connectivity index (χ2n) is 9.44. The van der Waals surface area contributed by atoms with E-state index in [4.69, 9.17) is 0 Å². The number of fused-ring (bicyclic) bond motifs is 1. The van der Waals surface area contributed by atoms with Crippen LogP contribution in [-0.2, 0) is 4.79 Å². The third kappa shape index (κ3) is 2.85. The van der Waals surface area contributed by atoms with E-state index in [2.05, 4.69) is 20.6 Å². The van der Waals surface area contributed by atoms with Crippen molar-refractivity contribution in [1.82, 2.24) is 15.6 Å². The zero-order valence-electron chi connectivity index (χ0n) is 16.0. The first kappa shape index (κ1) is 18.4. The first-order valence-corrected chi connectivity index (χ1v) is 10.8. The molecule has 1 aromatic carbocycles. The number of nitrogens with one attached hydrogen (secondary N) is 2. The number of aromatic nitrogens is 1. The molecule has 2 heterocycles. The first-order valence-electron chi connectivity index (χ1n) is 9.95. The van der Waals surface area contributed by atoms with Gasteiger partial charge in [-0.05, 0) is 23.8 Å². The van der Waals surface area contributed by atoms with Crippen LogP contribution in [0.2, 0.25) is 0 Å². The number of rotatable bonds is 2. The maximum absolute atomic E-state index is 15.2. The molecule has 2 aromatic rings. The van der Waals surface area contributed by atoms with Gasteiger partial charge in [-0.25, -0.2) is 23.1 Å². The number of alkyl halides is 3. The van der Waals surface area contributed by atoms with Gasteiger partial charge in [0.2, 0.25) is 5.96 Å². The van der Waals surface area contributed by atoms with Crippen molar-refractivity contribution < 1.29 is 18.0 Å². The summed E-state index contributed by atoms with van der Waals surface area (Å²) in [6, 6.07) is 5.63. The molecule has 5 aliphatic rings. The monoisotopic (exact) mass is 432 g/mol. The molecule has 1 aliphatic heterocycles. The topological polar surface area (TPSA) is 66.4 Å². The van der Waals surface area contributed by atoms with Gasteiger partial charge in [-0.3, -0.25) is 10.1 Å². The van der Waals surface area contributed by atoms with Gasteiger partial charge >= 0.3 is 0 Å². The Morgan fingerprint density at radius 1 is 1.03 bits per heavy atom. The molecular weight excluding hydrogens is 413 g/mol. The lowest BCUT2D eigenvalue weighted by Crippen LogP contribution is -2.73. The van der Waals surface area contributed by atoms with E-state index in [-0.39, 0.29) is 50.2 Å². The maximum atomic E-state index is 15.2. The van der Waals surface area contributed by atoms with E-state index < -0.39 is 28.5 Å². The number of halogens is 3. The highest BCUT2D eigenvalue weighted by molar-refractivity contribution is 7.16. The molecule has 0 spiro atoms. The van der Waals surface area contributed by atoms with Gasteiger partial charge in [0.25, 0.3) is 5.91 Å². The van der Waals surface area contributed by atoms with Crippen LogP contribution < -0.4 is 10.6 Å². The van der Waals surface area contributed by atoms with E-state index in [9.17, 15) is 4.79 Å². The smallest absolute Gasteiger partial charge is 0.276 e. The molecule has 4 saturated carbocycles. The first-order chi connectivity index (χ1) is 14.1. The number of aliphatic imine (C=N–C) groups is 1. The van der Waals surface area contributed by atoms with E-state index in [0.717, 1.165) is 15.8 Å². The van der Waals surface area contributed by atoms with E-state index in [1.807, 2.05) is 18.2 Å². The third-order valence-electron chi connectivity index (χ3n) is 6.61. The van der Waals surface area contributed by atoms with Crippen molar-refractivity contribution in [3.05, 3.63) is 35.0 Å². The predicted octanol–water partition coefficient (Wildman–Crippen LogP) is 3.96. The number of thiazole rings is 1. The summed E-state index contributed by atoms with van der Waals surface area (Å²) in [6.07, 6.45) is 0.957. The normalized spacial score (nSPS) is 40.8. The van der Waals surface area contributed by atoms with Gasteiger partial charge in [-0.1, -0.05) is 6.07 Å². The fourth-order valence-electron chi connectivity index (χ4n) is 6.30. The molecule has 30 heavy (non-hydrogen) atoms. The summed E-state index contributed by atoms with van der Waals surface area (Å²) < 4.78 is 46.5. The van der Waals surface area contributed by atoms with Crippen LogP contribution in [0.3, 0.4) is 0 Å². The standard InChI is InChI=1S/C21H19F3N4OS/c22-18-5-19(23)7-20(24,6-18)10-21(8-18,9-19)28-17-26-14(16(29)27-17)3-12-1-2-13-15(4-12)30-11-25-13/h1-4,11H,5-10H2,(H2,26,27,28,29)/b14-3-. The number of nitrogens with zero attached hydrogens (tertiary/aromatic N) is 2. The third-order valence-corrected chi connectivity index (χ3v) is 7.40. The summed E-state index contributed by atoms with van der Waals surface area (Å²) in [5.74, 6) is -0.283. The average molecular weight is 432 g/mol. The minimum Gasteiger partial charge on any atom is -0.350 e. The highest BCUT2D eigenvalue weighted by Gasteiger charge is 2.70. The summed E-state index contributed by atoms with van der Waals surface area (Å²) in [4.78, 5) is 20.9. The molecule has 2 N–H and O–H groups in total. The molecule has 0 radical (unpaired) electrons. The molecule has 0 atom stereocenters. The molecule has 4 aliphatic carbocycles. The number of amides is 1. The van der Waals surface area contributed by atoms with Crippen LogP contribution in [0.25, 0.3) is 16.3 Å². The Kier molecular flexibility index (Phi) is 3.45. The van der Waals surface area contributed by atoms with Crippen LogP contribution in [0, 0.1) is 0 Å². The van der Waals surface area contributed by atoms with Crippen molar-refractivity contribution in [2.75, 3.05) is 0 Å². The fraction of sp³-hybridized carbons (Fsp3) is 0.476. The van der Waals surface area contributed by atoms with Crippen LogP contribution in [0.15, 0.2) is 34.4 Å². The van der Waals surface area contributed by atoms with Gasteiger partial charge in [-0.15, -0.1) is 11.3 Å². The molecular formula is C21H19F3N4OS. The molecule has 5 nitrogen and oxygen atoms in total. The number of carbonyl (C=O) groups is 1. The molecule has 4 bridgehead atoms. The zero-order chi connectivity index (χ0) is 20.8. The molecule has 9 heteroatoms. The lowest BCUT2D eigenvalue weighted by atomic mass is 9.49. The fourth-order valence-corrected chi connectivity index (χ4v) is 7.03. The zero-order valence-corrected chi connectivity index (χ0v) is 16.8. The van der Waals surface area contributed by atoms with Crippen molar-refractivity contribution in [3.63, 3.8) is 0 Å². The van der Waals surface area contributed by atoms with Crippen LogP contribution in [-0.4, -0.2) is 39.4 Å². The van der Waals surface area contributed by atoms with E-state index in [0.29, 0.717) is 0 Å². The molecule has 0 saturated heterocycles. The lowest BCUT2D eigenvalue weighted by Gasteiger charge is -2.63. The van der Waals surface area contributed by atoms with E-state index in [1.54, 1.807) is 11.6 Å². The Morgan fingerprint density at radius 2 is 1.70 bits per heavy atom. The van der Waals surface area contributed by atoms with Gasteiger partial charge in [-0.2, -0.15) is 0 Å². The van der Waals surface area contributed by atoms with Crippen molar-refractivity contribution in [2.45, 2.75) is 61.1 Å². The Balaban J connectivity index is 1.29. The summed E-state index contributed by atoms with van der Waals surface area (Å²) in [7, 11) is 0. The van der Waals surface area contributed by atoms with Gasteiger partial charge in [0.05, 0.1) is 15.7 Å².